The van der Waals surface area contributed by atoms with Gasteiger partial charge in [-0.3, -0.25) is 5.41 Å². The molecule has 1 atom stereocenters. The maximum absolute atomic E-state index is 11.8. The van der Waals surface area contributed by atoms with Gasteiger partial charge in [-0.2, -0.15) is 0 Å². The van der Waals surface area contributed by atoms with Crippen LogP contribution in [0.4, 0.5) is 10.5 Å². The number of carbonyl (C=O) groups is 1. The zero-order chi connectivity index (χ0) is 25.5. The van der Waals surface area contributed by atoms with Crippen molar-refractivity contribution >= 4 is 17.4 Å². The van der Waals surface area contributed by atoms with Crippen LogP contribution in [0.25, 0.3) is 0 Å². The quantitative estimate of drug-likeness (QED) is 0.477. The Balaban J connectivity index is 1.83. The number of ether oxygens (including phenoxy) is 2. The first-order valence-electron chi connectivity index (χ1n) is 12.1. The molecule has 1 aliphatic rings. The van der Waals surface area contributed by atoms with Gasteiger partial charge in [0.15, 0.2) is 11.5 Å². The van der Waals surface area contributed by atoms with Gasteiger partial charge >= 0.3 is 6.03 Å². The van der Waals surface area contributed by atoms with Crippen LogP contribution in [0.15, 0.2) is 36.4 Å². The topological polar surface area (TPSA) is 89.9 Å². The fourth-order valence-electron chi connectivity index (χ4n) is 4.63. The van der Waals surface area contributed by atoms with Gasteiger partial charge in [0.25, 0.3) is 0 Å². The highest BCUT2D eigenvalue weighted by Gasteiger charge is 2.22. The predicted octanol–water partition coefficient (Wildman–Crippen LogP) is 3.51. The lowest BCUT2D eigenvalue weighted by Crippen LogP contribution is -2.41. The molecule has 2 aromatic carbocycles. The van der Waals surface area contributed by atoms with Gasteiger partial charge in [0.1, 0.15) is 0 Å². The Morgan fingerprint density at radius 2 is 1.71 bits per heavy atom. The molecule has 2 amide bonds. The molecule has 0 radical (unpaired) electrons. The fraction of sp³-hybridized carbons (Fsp3) is 0.481. The van der Waals surface area contributed by atoms with Crippen LogP contribution >= 0.6 is 0 Å². The molecule has 0 bridgehead atoms. The second-order valence-electron chi connectivity index (χ2n) is 9.30. The third-order valence-corrected chi connectivity index (χ3v) is 6.73. The molecule has 0 aliphatic carbocycles. The SMILES string of the molecule is CNC(=O)NC(C)Cc1cc(OC)c(OC)cc1C(=N)c1ccc(N2CCC(N(C)C)CC2)cc1. The van der Waals surface area contributed by atoms with Gasteiger partial charge in [-0.1, -0.05) is 12.1 Å². The Labute approximate surface area is 209 Å². The van der Waals surface area contributed by atoms with E-state index in [2.05, 4.69) is 46.7 Å². The summed E-state index contributed by atoms with van der Waals surface area (Å²) in [5.74, 6) is 1.17. The van der Waals surface area contributed by atoms with Gasteiger partial charge < -0.3 is 29.9 Å². The predicted molar refractivity (Wildman–Crippen MR) is 142 cm³/mol. The zero-order valence-electron chi connectivity index (χ0n) is 21.8. The van der Waals surface area contributed by atoms with E-state index in [9.17, 15) is 4.79 Å². The van der Waals surface area contributed by atoms with Crippen LogP contribution in [-0.2, 0) is 6.42 Å². The molecule has 1 aliphatic heterocycles. The summed E-state index contributed by atoms with van der Waals surface area (Å²) in [6, 6.07) is 12.3. The lowest BCUT2D eigenvalue weighted by molar-refractivity contribution is 0.240. The van der Waals surface area contributed by atoms with Crippen LogP contribution in [-0.4, -0.2) is 77.2 Å². The zero-order valence-corrected chi connectivity index (χ0v) is 21.8. The van der Waals surface area contributed by atoms with Crippen LogP contribution in [0.3, 0.4) is 0 Å². The van der Waals surface area contributed by atoms with Gasteiger partial charge in [-0.25, -0.2) is 4.79 Å². The standard InChI is InChI=1S/C27H39N5O3/c1-18(30-27(33)29-2)15-20-16-24(34-5)25(35-6)17-23(20)26(28)19-7-9-22(10-8-19)32-13-11-21(12-14-32)31(3)4/h7-10,16-18,21,28H,11-15H2,1-6H3,(H2,29,30,33). The van der Waals surface area contributed by atoms with Crippen LogP contribution < -0.4 is 25.0 Å². The summed E-state index contributed by atoms with van der Waals surface area (Å²) in [5, 5.41) is 14.5. The van der Waals surface area contributed by atoms with Crippen molar-refractivity contribution < 1.29 is 14.3 Å². The molecular formula is C27H39N5O3. The number of carbonyl (C=O) groups excluding carboxylic acids is 1. The van der Waals surface area contributed by atoms with E-state index in [0.717, 1.165) is 42.6 Å². The first-order chi connectivity index (χ1) is 16.8. The molecule has 35 heavy (non-hydrogen) atoms. The highest BCUT2D eigenvalue weighted by Crippen LogP contribution is 2.33. The van der Waals surface area contributed by atoms with E-state index >= 15 is 0 Å². The van der Waals surface area contributed by atoms with E-state index in [1.165, 1.54) is 5.69 Å². The van der Waals surface area contributed by atoms with Gasteiger partial charge in [-0.05, 0) is 70.1 Å². The Bertz CT molecular complexity index is 1010. The molecule has 0 spiro atoms. The van der Waals surface area contributed by atoms with E-state index < -0.39 is 0 Å². The Morgan fingerprint density at radius 3 is 2.26 bits per heavy atom. The van der Waals surface area contributed by atoms with Crippen LogP contribution in [0.1, 0.15) is 36.5 Å². The summed E-state index contributed by atoms with van der Waals surface area (Å²) in [5.41, 5.74) is 4.09. The highest BCUT2D eigenvalue weighted by atomic mass is 16.5. The first kappa shape index (κ1) is 26.3. The molecule has 8 nitrogen and oxygen atoms in total. The van der Waals surface area contributed by atoms with Crippen molar-refractivity contribution in [3.63, 3.8) is 0 Å². The van der Waals surface area contributed by atoms with Crippen molar-refractivity contribution in [1.82, 2.24) is 15.5 Å². The van der Waals surface area contributed by atoms with E-state index in [1.54, 1.807) is 21.3 Å². The van der Waals surface area contributed by atoms with Crippen LogP contribution in [0.2, 0.25) is 0 Å². The fourth-order valence-corrected chi connectivity index (χ4v) is 4.63. The minimum absolute atomic E-state index is 0.132. The van der Waals surface area contributed by atoms with E-state index in [0.29, 0.717) is 29.7 Å². The average molecular weight is 482 g/mol. The number of hydrogen-bond acceptors (Lipinski definition) is 6. The summed E-state index contributed by atoms with van der Waals surface area (Å²) in [6.07, 6.45) is 2.86. The summed E-state index contributed by atoms with van der Waals surface area (Å²) in [4.78, 5) is 16.5. The maximum Gasteiger partial charge on any atom is 0.314 e. The Kier molecular flexibility index (Phi) is 8.98. The van der Waals surface area contributed by atoms with Crippen molar-refractivity contribution in [3.8, 4) is 11.5 Å². The number of nitrogens with one attached hydrogen (secondary N) is 3. The largest absolute Gasteiger partial charge is 0.493 e. The molecule has 0 saturated carbocycles. The number of anilines is 1. The van der Waals surface area contributed by atoms with Crippen LogP contribution in [0, 0.1) is 5.41 Å². The maximum atomic E-state index is 11.8. The third-order valence-electron chi connectivity index (χ3n) is 6.73. The number of amides is 2. The van der Waals surface area contributed by atoms with E-state index in [1.807, 2.05) is 31.2 Å². The van der Waals surface area contributed by atoms with Crippen molar-refractivity contribution in [3.05, 3.63) is 53.1 Å². The molecule has 8 heteroatoms. The highest BCUT2D eigenvalue weighted by molar-refractivity contribution is 6.12. The van der Waals surface area contributed by atoms with E-state index in [4.69, 9.17) is 14.9 Å². The van der Waals surface area contributed by atoms with Gasteiger partial charge in [0, 0.05) is 49.0 Å². The number of hydrogen-bond donors (Lipinski definition) is 3. The lowest BCUT2D eigenvalue weighted by atomic mass is 9.93. The molecule has 1 saturated heterocycles. The molecular weight excluding hydrogens is 442 g/mol. The number of methoxy groups -OCH3 is 2. The number of benzene rings is 2. The van der Waals surface area contributed by atoms with E-state index in [-0.39, 0.29) is 12.1 Å². The monoisotopic (exact) mass is 481 g/mol. The number of nitrogens with zero attached hydrogens (tertiary/aromatic N) is 2. The first-order valence-corrected chi connectivity index (χ1v) is 12.1. The van der Waals surface area contributed by atoms with Gasteiger partial charge in [-0.15, -0.1) is 0 Å². The summed E-state index contributed by atoms with van der Waals surface area (Å²) < 4.78 is 11.0. The molecule has 1 heterocycles. The molecule has 1 fully saturated rings. The van der Waals surface area contributed by atoms with Crippen molar-refractivity contribution in [2.75, 3.05) is 53.4 Å². The van der Waals surface area contributed by atoms with Crippen LogP contribution in [0.5, 0.6) is 11.5 Å². The summed E-state index contributed by atoms with van der Waals surface area (Å²) >= 11 is 0. The minimum atomic E-state index is -0.236. The Morgan fingerprint density at radius 1 is 1.11 bits per heavy atom. The molecule has 3 rings (SSSR count). The lowest BCUT2D eigenvalue weighted by Gasteiger charge is -2.36. The second-order valence-corrected chi connectivity index (χ2v) is 9.30. The molecule has 0 aromatic heterocycles. The summed E-state index contributed by atoms with van der Waals surface area (Å²) in [6.45, 7) is 4.01. The number of rotatable bonds is 9. The smallest absolute Gasteiger partial charge is 0.314 e. The minimum Gasteiger partial charge on any atom is -0.493 e. The molecule has 1 unspecified atom stereocenters. The van der Waals surface area contributed by atoms with Gasteiger partial charge in [0.2, 0.25) is 0 Å². The third kappa shape index (κ3) is 6.45. The molecule has 190 valence electrons. The average Bonchev–Trinajstić information content (AvgIpc) is 2.87. The van der Waals surface area contributed by atoms with Crippen molar-refractivity contribution in [1.29, 1.82) is 5.41 Å². The molecule has 3 N–H and O–H groups in total. The normalized spacial score (nSPS) is 15.0. The van der Waals surface area contributed by atoms with Crippen molar-refractivity contribution in [2.24, 2.45) is 0 Å². The van der Waals surface area contributed by atoms with Crippen molar-refractivity contribution in [2.45, 2.75) is 38.3 Å². The Hall–Kier alpha value is -3.26. The van der Waals surface area contributed by atoms with Gasteiger partial charge in [0.05, 0.1) is 19.9 Å². The number of piperidine rings is 1. The number of urea groups is 1. The summed E-state index contributed by atoms with van der Waals surface area (Å²) in [7, 11) is 9.08. The molecule has 2 aromatic rings. The second kappa shape index (κ2) is 11.9.